The van der Waals surface area contributed by atoms with Crippen LogP contribution in [0, 0.1) is 0 Å². The fourth-order valence-corrected chi connectivity index (χ4v) is 3.75. The molecule has 0 aliphatic carbocycles. The van der Waals surface area contributed by atoms with Crippen LogP contribution < -0.4 is 9.80 Å². The number of amidine groups is 1. The van der Waals surface area contributed by atoms with Gasteiger partial charge in [0.15, 0.2) is 5.17 Å². The van der Waals surface area contributed by atoms with Crippen LogP contribution in [0.2, 0.25) is 0 Å². The molecule has 1 saturated heterocycles. The fourth-order valence-electron chi connectivity index (χ4n) is 2.67. The highest BCUT2D eigenvalue weighted by Gasteiger charge is 2.40. The molecule has 0 bridgehead atoms. The molecule has 0 saturated carbocycles. The summed E-state index contributed by atoms with van der Waals surface area (Å²) < 4.78 is 0. The van der Waals surface area contributed by atoms with Gasteiger partial charge in [0.2, 0.25) is 5.91 Å². The van der Waals surface area contributed by atoms with Crippen molar-refractivity contribution in [2.45, 2.75) is 11.7 Å². The first-order chi connectivity index (χ1) is 13.8. The monoisotopic (exact) mass is 412 g/mol. The molecule has 29 heavy (non-hydrogen) atoms. The summed E-state index contributed by atoms with van der Waals surface area (Å²) in [6.07, 6.45) is 1.25. The van der Waals surface area contributed by atoms with Gasteiger partial charge >= 0.3 is 5.97 Å². The molecule has 1 atom stereocenters. The molecule has 3 rings (SSSR count). The summed E-state index contributed by atoms with van der Waals surface area (Å²) in [5.41, 5.74) is 2.38. The molecule has 0 radical (unpaired) electrons. The summed E-state index contributed by atoms with van der Waals surface area (Å²) in [5.74, 6) is -1.38. The number of carboxylic acid groups (broad SMARTS) is 1. The number of anilines is 2. The number of aromatic hydroxyl groups is 1. The lowest BCUT2D eigenvalue weighted by atomic mass is 10.2. The molecule has 2 aromatic carbocycles. The zero-order valence-electron chi connectivity index (χ0n) is 15.9. The number of phenolic OH excluding ortho intramolecular Hbond substituents is 1. The lowest BCUT2D eigenvalue weighted by molar-refractivity contribution is -0.138. The Morgan fingerprint density at radius 3 is 2.41 bits per heavy atom. The Balaban J connectivity index is 1.85. The average Bonchev–Trinajstić information content (AvgIpc) is 2.98. The third-order valence-corrected chi connectivity index (χ3v) is 5.29. The first kappa shape index (κ1) is 20.4. The van der Waals surface area contributed by atoms with Gasteiger partial charge in [-0.25, -0.2) is 0 Å². The van der Waals surface area contributed by atoms with E-state index in [2.05, 4.69) is 10.2 Å². The van der Waals surface area contributed by atoms with Gasteiger partial charge in [0.25, 0.3) is 0 Å². The molecule has 2 N–H and O–H groups in total. The number of hydrogen-bond acceptors (Lipinski definition) is 7. The van der Waals surface area contributed by atoms with E-state index in [9.17, 15) is 14.7 Å². The minimum absolute atomic E-state index is 0.0628. The summed E-state index contributed by atoms with van der Waals surface area (Å²) in [4.78, 5) is 27.1. The van der Waals surface area contributed by atoms with Gasteiger partial charge in [-0.2, -0.15) is 5.10 Å². The van der Waals surface area contributed by atoms with E-state index in [-0.39, 0.29) is 23.2 Å². The van der Waals surface area contributed by atoms with Crippen LogP contribution in [0.5, 0.6) is 5.75 Å². The van der Waals surface area contributed by atoms with Gasteiger partial charge in [0.1, 0.15) is 11.0 Å². The molecular weight excluding hydrogens is 392 g/mol. The molecule has 1 fully saturated rings. The molecular formula is C20H20N4O4S. The van der Waals surface area contributed by atoms with Crippen molar-refractivity contribution in [1.29, 1.82) is 0 Å². The summed E-state index contributed by atoms with van der Waals surface area (Å²) in [6.45, 7) is 0. The van der Waals surface area contributed by atoms with E-state index >= 15 is 0 Å². The topological polar surface area (TPSA) is 106 Å². The predicted molar refractivity (Wildman–Crippen MR) is 115 cm³/mol. The van der Waals surface area contributed by atoms with Gasteiger partial charge in [-0.1, -0.05) is 23.9 Å². The molecule has 1 aliphatic heterocycles. The van der Waals surface area contributed by atoms with Crippen molar-refractivity contribution < 1.29 is 19.8 Å². The third-order valence-electron chi connectivity index (χ3n) is 4.16. The number of amides is 1. The van der Waals surface area contributed by atoms with E-state index in [1.807, 2.05) is 43.3 Å². The maximum atomic E-state index is 12.7. The van der Waals surface area contributed by atoms with Crippen LogP contribution in [0.4, 0.5) is 11.4 Å². The Labute approximate surface area is 172 Å². The highest BCUT2D eigenvalue weighted by Crippen LogP contribution is 2.34. The number of hydrogen-bond donors (Lipinski definition) is 2. The smallest absolute Gasteiger partial charge is 0.305 e. The van der Waals surface area contributed by atoms with Gasteiger partial charge in [0.05, 0.1) is 18.3 Å². The Kier molecular flexibility index (Phi) is 6.18. The van der Waals surface area contributed by atoms with Crippen molar-refractivity contribution in [3.63, 3.8) is 0 Å². The normalized spacial score (nSPS) is 18.0. The Bertz CT molecular complexity index is 955. The summed E-state index contributed by atoms with van der Waals surface area (Å²) in [5, 5.41) is 26.3. The second-order valence-corrected chi connectivity index (χ2v) is 7.68. The molecule has 1 heterocycles. The van der Waals surface area contributed by atoms with Crippen LogP contribution >= 0.6 is 11.8 Å². The molecule has 0 spiro atoms. The van der Waals surface area contributed by atoms with E-state index in [0.29, 0.717) is 5.69 Å². The minimum Gasteiger partial charge on any atom is -0.508 e. The predicted octanol–water partition coefficient (Wildman–Crippen LogP) is 2.77. The quantitative estimate of drug-likeness (QED) is 0.558. The van der Waals surface area contributed by atoms with E-state index in [1.165, 1.54) is 17.0 Å². The van der Waals surface area contributed by atoms with E-state index in [4.69, 9.17) is 5.11 Å². The van der Waals surface area contributed by atoms with Crippen molar-refractivity contribution in [2.24, 2.45) is 10.2 Å². The molecule has 1 amide bonds. The number of carbonyl (C=O) groups excluding carboxylic acids is 1. The van der Waals surface area contributed by atoms with Crippen LogP contribution in [0.3, 0.4) is 0 Å². The zero-order chi connectivity index (χ0) is 21.0. The maximum absolute atomic E-state index is 12.7. The summed E-state index contributed by atoms with van der Waals surface area (Å²) in [7, 11) is 3.91. The highest BCUT2D eigenvalue weighted by molar-refractivity contribution is 8.16. The van der Waals surface area contributed by atoms with Crippen LogP contribution in [0.1, 0.15) is 12.0 Å². The van der Waals surface area contributed by atoms with Crippen LogP contribution in [-0.4, -0.2) is 52.8 Å². The molecule has 150 valence electrons. The Morgan fingerprint density at radius 1 is 1.17 bits per heavy atom. The Morgan fingerprint density at radius 2 is 1.83 bits per heavy atom. The van der Waals surface area contributed by atoms with Crippen molar-refractivity contribution in [3.05, 3.63) is 54.1 Å². The van der Waals surface area contributed by atoms with Crippen molar-refractivity contribution >= 4 is 46.4 Å². The van der Waals surface area contributed by atoms with Crippen LogP contribution in [0.25, 0.3) is 0 Å². The van der Waals surface area contributed by atoms with Crippen LogP contribution in [-0.2, 0) is 9.59 Å². The molecule has 8 nitrogen and oxygen atoms in total. The molecule has 9 heteroatoms. The first-order valence-corrected chi connectivity index (χ1v) is 9.63. The summed E-state index contributed by atoms with van der Waals surface area (Å²) in [6, 6.07) is 13.7. The zero-order valence-corrected chi connectivity index (χ0v) is 16.7. The van der Waals surface area contributed by atoms with Gasteiger partial charge in [0, 0.05) is 19.8 Å². The second kappa shape index (κ2) is 8.78. The molecule has 1 unspecified atom stereocenters. The summed E-state index contributed by atoms with van der Waals surface area (Å²) >= 11 is 1.06. The molecule has 0 aromatic heterocycles. The third kappa shape index (κ3) is 4.94. The largest absolute Gasteiger partial charge is 0.508 e. The van der Waals surface area contributed by atoms with Gasteiger partial charge in [-0.3, -0.25) is 14.5 Å². The van der Waals surface area contributed by atoms with Gasteiger partial charge in [-0.15, -0.1) is 5.10 Å². The van der Waals surface area contributed by atoms with Crippen molar-refractivity contribution in [1.82, 2.24) is 0 Å². The minimum atomic E-state index is -1.06. The standard InChI is InChI=1S/C20H20N4O4S/c1-23(2)14-5-3-13(4-6-14)12-21-22-20-24(15-7-9-16(25)10-8-15)19(28)17(29-20)11-18(26)27/h3-10,12,17,25H,11H2,1-2H3,(H,26,27)/b21-12-,22-20-. The van der Waals surface area contributed by atoms with Crippen LogP contribution in [0.15, 0.2) is 58.7 Å². The van der Waals surface area contributed by atoms with Gasteiger partial charge < -0.3 is 15.1 Å². The number of thioether (sulfide) groups is 1. The second-order valence-electron chi connectivity index (χ2n) is 6.51. The van der Waals surface area contributed by atoms with E-state index in [0.717, 1.165) is 23.0 Å². The van der Waals surface area contributed by atoms with Crippen molar-refractivity contribution in [3.8, 4) is 5.75 Å². The number of carboxylic acids is 1. The van der Waals surface area contributed by atoms with E-state index in [1.54, 1.807) is 18.3 Å². The average molecular weight is 412 g/mol. The molecule has 2 aromatic rings. The van der Waals surface area contributed by atoms with Crippen molar-refractivity contribution in [2.75, 3.05) is 23.9 Å². The van der Waals surface area contributed by atoms with Gasteiger partial charge in [-0.05, 0) is 42.0 Å². The maximum Gasteiger partial charge on any atom is 0.305 e. The lowest BCUT2D eigenvalue weighted by Crippen LogP contribution is -2.32. The fraction of sp³-hybridized carbons (Fsp3) is 0.200. The highest BCUT2D eigenvalue weighted by atomic mass is 32.2. The number of phenols is 1. The Hall–Kier alpha value is -3.33. The number of carbonyl (C=O) groups is 2. The van der Waals surface area contributed by atoms with E-state index < -0.39 is 11.2 Å². The lowest BCUT2D eigenvalue weighted by Gasteiger charge is -2.15. The number of rotatable bonds is 6. The number of nitrogens with zero attached hydrogens (tertiary/aromatic N) is 4. The molecule has 1 aliphatic rings. The number of benzene rings is 2. The number of aliphatic carboxylic acids is 1. The SMILES string of the molecule is CN(C)c1ccc(/C=N\N=C2/SC(CC(=O)O)C(=O)N2c2ccc(O)cc2)cc1. The first-order valence-electron chi connectivity index (χ1n) is 8.75.